The third-order valence-electron chi connectivity index (χ3n) is 5.95. The molecule has 0 aliphatic heterocycles. The first kappa shape index (κ1) is 27.6. The number of hydrogen-bond donors (Lipinski definition) is 1. The predicted octanol–water partition coefficient (Wildman–Crippen LogP) is 6.24. The number of amides is 2. The van der Waals surface area contributed by atoms with Gasteiger partial charge in [-0.2, -0.15) is 0 Å². The highest BCUT2D eigenvalue weighted by Crippen LogP contribution is 2.27. The van der Waals surface area contributed by atoms with E-state index in [9.17, 15) is 9.59 Å². The van der Waals surface area contributed by atoms with E-state index in [0.717, 1.165) is 29.5 Å². The lowest BCUT2D eigenvalue weighted by atomic mass is 10.0. The lowest BCUT2D eigenvalue weighted by Crippen LogP contribution is -2.52. The summed E-state index contributed by atoms with van der Waals surface area (Å²) in [7, 11) is 0. The van der Waals surface area contributed by atoms with Crippen molar-refractivity contribution < 1.29 is 14.3 Å². The van der Waals surface area contributed by atoms with Crippen LogP contribution in [0.5, 0.6) is 5.75 Å². The minimum Gasteiger partial charge on any atom is -0.482 e. The number of hydrogen-bond acceptors (Lipinski definition) is 3. The monoisotopic (exact) mass is 526 g/mol. The van der Waals surface area contributed by atoms with Gasteiger partial charge in [0.2, 0.25) is 5.91 Å². The summed E-state index contributed by atoms with van der Waals surface area (Å²) in [6.45, 7) is 4.64. The van der Waals surface area contributed by atoms with Crippen LogP contribution in [0.15, 0.2) is 72.8 Å². The number of ether oxygens (including phenoxy) is 1. The Balaban J connectivity index is 1.90. The summed E-state index contributed by atoms with van der Waals surface area (Å²) in [6.07, 6.45) is 2.22. The third-order valence-corrected chi connectivity index (χ3v) is 6.48. The van der Waals surface area contributed by atoms with Crippen LogP contribution in [0.25, 0.3) is 0 Å². The van der Waals surface area contributed by atoms with E-state index in [-0.39, 0.29) is 25.0 Å². The standard InChI is InChI=1S/C29H32Cl2N2O3/c1-3-4-16-32-29(35)26(17-22-11-6-5-7-12-22)33(19-23-13-9-8-10-21(23)2)28(34)20-36-27-15-14-24(30)18-25(27)31/h5-15,18,26H,3-4,16-17,19-20H2,1-2H3,(H,32,35)/t26-/m0/s1. The van der Waals surface area contributed by atoms with Crippen molar-refractivity contribution in [3.05, 3.63) is 99.5 Å². The number of nitrogens with one attached hydrogen (secondary N) is 1. The Bertz CT molecular complexity index is 1150. The number of halogens is 2. The second-order valence-electron chi connectivity index (χ2n) is 8.66. The van der Waals surface area contributed by atoms with Crippen LogP contribution < -0.4 is 10.1 Å². The molecule has 0 saturated carbocycles. The predicted molar refractivity (Wildman–Crippen MR) is 146 cm³/mol. The average Bonchev–Trinajstić information content (AvgIpc) is 2.87. The molecule has 0 spiro atoms. The summed E-state index contributed by atoms with van der Waals surface area (Å²) in [5.74, 6) is -0.133. The third kappa shape index (κ3) is 8.00. The molecule has 3 aromatic rings. The molecule has 0 heterocycles. The normalized spacial score (nSPS) is 11.6. The molecule has 0 saturated heterocycles. The first-order valence-electron chi connectivity index (χ1n) is 12.1. The zero-order valence-corrected chi connectivity index (χ0v) is 22.2. The molecule has 1 atom stereocenters. The van der Waals surface area contributed by atoms with Crippen molar-refractivity contribution in [2.75, 3.05) is 13.2 Å². The Kier molecular flexibility index (Phi) is 10.6. The molecule has 0 aliphatic carbocycles. The highest BCUT2D eigenvalue weighted by Gasteiger charge is 2.31. The van der Waals surface area contributed by atoms with Crippen LogP contribution in [-0.4, -0.2) is 35.9 Å². The van der Waals surface area contributed by atoms with Gasteiger partial charge in [-0.15, -0.1) is 0 Å². The summed E-state index contributed by atoms with van der Waals surface area (Å²) in [5.41, 5.74) is 2.98. The molecule has 3 rings (SSSR count). The number of rotatable bonds is 12. The maximum atomic E-state index is 13.6. The van der Waals surface area contributed by atoms with Crippen molar-refractivity contribution >= 4 is 35.0 Å². The van der Waals surface area contributed by atoms with E-state index in [0.29, 0.717) is 28.8 Å². The molecule has 0 fully saturated rings. The minimum absolute atomic E-state index is 0.182. The Morgan fingerprint density at radius 3 is 2.42 bits per heavy atom. The zero-order valence-electron chi connectivity index (χ0n) is 20.7. The van der Waals surface area contributed by atoms with Crippen LogP contribution in [-0.2, 0) is 22.6 Å². The van der Waals surface area contributed by atoms with Crippen molar-refractivity contribution in [3.63, 3.8) is 0 Å². The first-order chi connectivity index (χ1) is 17.4. The van der Waals surface area contributed by atoms with Gasteiger partial charge >= 0.3 is 0 Å². The van der Waals surface area contributed by atoms with Gasteiger partial charge in [0, 0.05) is 24.5 Å². The Hall–Kier alpha value is -3.02. The number of carbonyl (C=O) groups excluding carboxylic acids is 2. The van der Waals surface area contributed by atoms with E-state index in [2.05, 4.69) is 12.2 Å². The number of aryl methyl sites for hydroxylation is 1. The topological polar surface area (TPSA) is 58.6 Å². The van der Waals surface area contributed by atoms with Crippen molar-refractivity contribution in [1.29, 1.82) is 0 Å². The van der Waals surface area contributed by atoms with E-state index >= 15 is 0 Å². The maximum Gasteiger partial charge on any atom is 0.261 e. The smallest absolute Gasteiger partial charge is 0.261 e. The highest BCUT2D eigenvalue weighted by molar-refractivity contribution is 6.35. The van der Waals surface area contributed by atoms with Gasteiger partial charge in [0.25, 0.3) is 5.91 Å². The largest absolute Gasteiger partial charge is 0.482 e. The molecule has 1 N–H and O–H groups in total. The first-order valence-corrected chi connectivity index (χ1v) is 12.9. The fraction of sp³-hybridized carbons (Fsp3) is 0.310. The quantitative estimate of drug-likeness (QED) is 0.284. The molecule has 0 radical (unpaired) electrons. The van der Waals surface area contributed by atoms with Gasteiger partial charge in [-0.25, -0.2) is 0 Å². The molecule has 36 heavy (non-hydrogen) atoms. The SMILES string of the molecule is CCCCNC(=O)[C@H](Cc1ccccc1)N(Cc1ccccc1C)C(=O)COc1ccc(Cl)cc1Cl. The number of carbonyl (C=O) groups is 2. The van der Waals surface area contributed by atoms with Crippen LogP contribution in [0.3, 0.4) is 0 Å². The fourth-order valence-corrected chi connectivity index (χ4v) is 4.31. The number of nitrogens with zero attached hydrogens (tertiary/aromatic N) is 1. The van der Waals surface area contributed by atoms with Gasteiger partial charge in [0.05, 0.1) is 5.02 Å². The van der Waals surface area contributed by atoms with E-state index in [1.807, 2.05) is 61.5 Å². The van der Waals surface area contributed by atoms with Gasteiger partial charge in [-0.3, -0.25) is 9.59 Å². The molecule has 7 heteroatoms. The van der Waals surface area contributed by atoms with E-state index in [1.165, 1.54) is 0 Å². The molecule has 0 aliphatic rings. The molecule has 0 bridgehead atoms. The summed E-state index contributed by atoms with van der Waals surface area (Å²) in [4.78, 5) is 28.7. The van der Waals surface area contributed by atoms with E-state index < -0.39 is 6.04 Å². The highest BCUT2D eigenvalue weighted by atomic mass is 35.5. The molecule has 0 unspecified atom stereocenters. The molecule has 5 nitrogen and oxygen atoms in total. The number of unbranched alkanes of at least 4 members (excludes halogenated alkanes) is 1. The van der Waals surface area contributed by atoms with Gasteiger partial charge in [-0.1, -0.05) is 91.1 Å². The van der Waals surface area contributed by atoms with Crippen molar-refractivity contribution in [3.8, 4) is 5.75 Å². The maximum absolute atomic E-state index is 13.6. The second kappa shape index (κ2) is 13.9. The second-order valence-corrected chi connectivity index (χ2v) is 9.51. The van der Waals surface area contributed by atoms with E-state index in [1.54, 1.807) is 23.1 Å². The Morgan fingerprint density at radius 1 is 1.00 bits per heavy atom. The van der Waals surface area contributed by atoms with Gasteiger partial charge in [0.1, 0.15) is 11.8 Å². The zero-order chi connectivity index (χ0) is 25.9. The average molecular weight is 527 g/mol. The molecule has 0 aromatic heterocycles. The van der Waals surface area contributed by atoms with Crippen molar-refractivity contribution in [2.24, 2.45) is 0 Å². The van der Waals surface area contributed by atoms with Crippen LogP contribution in [0, 0.1) is 6.92 Å². The summed E-state index contributed by atoms with van der Waals surface area (Å²) in [5, 5.41) is 3.82. The minimum atomic E-state index is -0.708. The van der Waals surface area contributed by atoms with Gasteiger partial charge in [-0.05, 0) is 48.2 Å². The van der Waals surface area contributed by atoms with Crippen molar-refractivity contribution in [2.45, 2.75) is 45.7 Å². The summed E-state index contributed by atoms with van der Waals surface area (Å²) >= 11 is 12.2. The lowest BCUT2D eigenvalue weighted by molar-refractivity contribution is -0.142. The van der Waals surface area contributed by atoms with Crippen LogP contribution in [0.1, 0.15) is 36.5 Å². The molecule has 3 aromatic carbocycles. The van der Waals surface area contributed by atoms with Crippen molar-refractivity contribution in [1.82, 2.24) is 10.2 Å². The Morgan fingerprint density at radius 2 is 1.72 bits per heavy atom. The summed E-state index contributed by atoms with van der Waals surface area (Å²) in [6, 6.07) is 21.7. The lowest BCUT2D eigenvalue weighted by Gasteiger charge is -2.32. The van der Waals surface area contributed by atoms with Gasteiger partial charge < -0.3 is 15.0 Å². The molecular formula is C29H32Cl2N2O3. The fourth-order valence-electron chi connectivity index (χ4n) is 3.85. The van der Waals surface area contributed by atoms with Crippen LogP contribution in [0.2, 0.25) is 10.0 Å². The number of benzene rings is 3. The van der Waals surface area contributed by atoms with E-state index in [4.69, 9.17) is 27.9 Å². The molecular weight excluding hydrogens is 495 g/mol. The molecule has 2 amide bonds. The Labute approximate surface area is 223 Å². The summed E-state index contributed by atoms with van der Waals surface area (Å²) < 4.78 is 5.77. The van der Waals surface area contributed by atoms with Crippen LogP contribution >= 0.6 is 23.2 Å². The van der Waals surface area contributed by atoms with Crippen LogP contribution in [0.4, 0.5) is 0 Å². The molecule has 190 valence electrons. The van der Waals surface area contributed by atoms with Gasteiger partial charge in [0.15, 0.2) is 6.61 Å².